The van der Waals surface area contributed by atoms with Crippen LogP contribution in [-0.2, 0) is 19.4 Å². The van der Waals surface area contributed by atoms with Gasteiger partial charge in [-0.05, 0) is 50.9 Å². The second-order valence-corrected chi connectivity index (χ2v) is 11.0. The highest BCUT2D eigenvalue weighted by Crippen LogP contribution is 2.26. The maximum Gasteiger partial charge on any atom is 0.241 e. The minimum absolute atomic E-state index is 0.0486. The fraction of sp³-hybridized carbons (Fsp3) is 0.579. The molecule has 1 aromatic carbocycles. The Morgan fingerprint density at radius 2 is 2.00 bits per heavy atom. The topological polar surface area (TPSA) is 95.6 Å². The molecule has 2 amide bonds. The largest absolute Gasteiger partial charge is 0.349 e. The summed E-state index contributed by atoms with van der Waals surface area (Å²) in [5.41, 5.74) is -0.202. The lowest BCUT2D eigenvalue weighted by Crippen LogP contribution is -2.54. The maximum atomic E-state index is 12.8. The van der Waals surface area contributed by atoms with Crippen molar-refractivity contribution in [3.05, 3.63) is 28.2 Å². The van der Waals surface area contributed by atoms with Crippen molar-refractivity contribution in [3.63, 3.8) is 0 Å². The minimum atomic E-state index is -3.11. The van der Waals surface area contributed by atoms with Crippen molar-refractivity contribution in [2.45, 2.75) is 44.2 Å². The zero-order valence-corrected chi connectivity index (χ0v) is 18.5. The normalized spacial score (nSPS) is 26.8. The molecule has 2 fully saturated rings. The summed E-state index contributed by atoms with van der Waals surface area (Å²) in [7, 11) is -3.11. The van der Waals surface area contributed by atoms with Gasteiger partial charge in [-0.1, -0.05) is 29.6 Å². The monoisotopic (exact) mass is 461 g/mol. The van der Waals surface area contributed by atoms with Crippen molar-refractivity contribution in [3.8, 4) is 0 Å². The number of halogens is 2. The lowest BCUT2D eigenvalue weighted by molar-refractivity contribution is -0.127. The molecule has 3 rings (SSSR count). The number of hydrogen-bond acceptors (Lipinski definition) is 5. The van der Waals surface area contributed by atoms with Crippen LogP contribution in [-0.4, -0.2) is 61.3 Å². The molecule has 0 saturated carbocycles. The van der Waals surface area contributed by atoms with Gasteiger partial charge in [0.15, 0.2) is 9.84 Å². The van der Waals surface area contributed by atoms with Crippen LogP contribution in [0.15, 0.2) is 18.2 Å². The number of carbonyl (C=O) groups is 2. The Hall–Kier alpha value is -1.35. The third kappa shape index (κ3) is 5.84. The highest BCUT2D eigenvalue weighted by molar-refractivity contribution is 7.91. The molecule has 0 aromatic heterocycles. The van der Waals surface area contributed by atoms with Gasteiger partial charge in [-0.2, -0.15) is 0 Å². The number of rotatable bonds is 5. The van der Waals surface area contributed by atoms with Gasteiger partial charge >= 0.3 is 0 Å². The summed E-state index contributed by atoms with van der Waals surface area (Å²) in [5.74, 6) is -0.431. The third-order valence-electron chi connectivity index (χ3n) is 5.39. The Bertz CT molecular complexity index is 909. The molecule has 2 N–H and O–H groups in total. The molecular formula is C19H25Cl2N3O4S. The van der Waals surface area contributed by atoms with Gasteiger partial charge in [-0.15, -0.1) is 0 Å². The zero-order valence-electron chi connectivity index (χ0n) is 16.2. The number of hydrogen-bond donors (Lipinski definition) is 2. The first-order valence-corrected chi connectivity index (χ1v) is 12.2. The van der Waals surface area contributed by atoms with Gasteiger partial charge in [0.05, 0.1) is 39.7 Å². The van der Waals surface area contributed by atoms with Gasteiger partial charge in [0.2, 0.25) is 11.8 Å². The second kappa shape index (κ2) is 8.79. The Labute approximate surface area is 181 Å². The molecule has 0 bridgehead atoms. The fourth-order valence-electron chi connectivity index (χ4n) is 3.95. The van der Waals surface area contributed by atoms with Crippen LogP contribution < -0.4 is 10.6 Å². The molecule has 160 valence electrons. The van der Waals surface area contributed by atoms with Crippen molar-refractivity contribution in [2.24, 2.45) is 0 Å². The van der Waals surface area contributed by atoms with E-state index >= 15 is 0 Å². The summed E-state index contributed by atoms with van der Waals surface area (Å²) in [6, 6.07) is 4.43. The van der Waals surface area contributed by atoms with E-state index in [1.165, 1.54) is 0 Å². The maximum absolute atomic E-state index is 12.8. The SMILES string of the molecule is CC1(NC(=O)CN2CCCCC2C(=O)Nc2ccc(Cl)c(Cl)c2)CCS(=O)(=O)C1. The van der Waals surface area contributed by atoms with Crippen LogP contribution in [0.5, 0.6) is 0 Å². The minimum Gasteiger partial charge on any atom is -0.349 e. The molecule has 2 aliphatic rings. The lowest BCUT2D eigenvalue weighted by Gasteiger charge is -2.35. The van der Waals surface area contributed by atoms with Crippen molar-refractivity contribution >= 4 is 50.5 Å². The standard InChI is InChI=1S/C19H25Cl2N3O4S/c1-19(7-9-29(27,28)12-19)23-17(25)11-24-8-3-2-4-16(24)18(26)22-13-5-6-14(20)15(21)10-13/h5-6,10,16H,2-4,7-9,11-12H2,1H3,(H,22,26)(H,23,25). The highest BCUT2D eigenvalue weighted by atomic mass is 35.5. The van der Waals surface area contributed by atoms with E-state index in [9.17, 15) is 18.0 Å². The third-order valence-corrected chi connectivity index (χ3v) is 8.04. The first-order valence-electron chi connectivity index (χ1n) is 9.58. The lowest BCUT2D eigenvalue weighted by atomic mass is 10.00. The van der Waals surface area contributed by atoms with E-state index < -0.39 is 21.4 Å². The molecule has 0 radical (unpaired) electrons. The number of benzene rings is 1. The average Bonchev–Trinajstić information content (AvgIpc) is 2.91. The number of nitrogens with zero attached hydrogens (tertiary/aromatic N) is 1. The molecule has 29 heavy (non-hydrogen) atoms. The molecular weight excluding hydrogens is 437 g/mol. The molecule has 2 aliphatic heterocycles. The first kappa shape index (κ1) is 22.3. The highest BCUT2D eigenvalue weighted by Gasteiger charge is 2.40. The van der Waals surface area contributed by atoms with E-state index in [1.54, 1.807) is 25.1 Å². The van der Waals surface area contributed by atoms with Crippen LogP contribution in [0.4, 0.5) is 5.69 Å². The van der Waals surface area contributed by atoms with Gasteiger partial charge in [0, 0.05) is 5.69 Å². The summed E-state index contributed by atoms with van der Waals surface area (Å²) in [6.45, 7) is 2.43. The summed E-state index contributed by atoms with van der Waals surface area (Å²) in [6.07, 6.45) is 2.84. The molecule has 7 nitrogen and oxygen atoms in total. The van der Waals surface area contributed by atoms with E-state index in [0.29, 0.717) is 35.1 Å². The van der Waals surface area contributed by atoms with Crippen molar-refractivity contribution in [1.82, 2.24) is 10.2 Å². The fourth-order valence-corrected chi connectivity index (χ4v) is 6.34. The van der Waals surface area contributed by atoms with Crippen LogP contribution >= 0.6 is 23.2 Å². The quantitative estimate of drug-likeness (QED) is 0.701. The van der Waals surface area contributed by atoms with Crippen molar-refractivity contribution in [1.29, 1.82) is 0 Å². The number of sulfone groups is 1. The summed E-state index contributed by atoms with van der Waals surface area (Å²) in [4.78, 5) is 27.2. The van der Waals surface area contributed by atoms with Gasteiger partial charge in [-0.25, -0.2) is 8.42 Å². The van der Waals surface area contributed by atoms with Crippen molar-refractivity contribution in [2.75, 3.05) is 29.9 Å². The molecule has 0 aliphatic carbocycles. The van der Waals surface area contributed by atoms with Gasteiger partial charge in [0.25, 0.3) is 0 Å². The predicted molar refractivity (Wildman–Crippen MR) is 114 cm³/mol. The number of anilines is 1. The van der Waals surface area contributed by atoms with E-state index in [4.69, 9.17) is 23.2 Å². The number of likely N-dealkylation sites (tertiary alicyclic amines) is 1. The van der Waals surface area contributed by atoms with E-state index in [1.807, 2.05) is 4.90 Å². The number of piperidine rings is 1. The summed E-state index contributed by atoms with van der Waals surface area (Å²) >= 11 is 11.9. The number of nitrogens with one attached hydrogen (secondary N) is 2. The Kier molecular flexibility index (Phi) is 6.77. The zero-order chi connectivity index (χ0) is 21.2. The molecule has 2 atom stereocenters. The number of amides is 2. The summed E-state index contributed by atoms with van der Waals surface area (Å²) < 4.78 is 23.5. The molecule has 2 heterocycles. The molecule has 2 unspecified atom stereocenters. The van der Waals surface area contributed by atoms with Crippen LogP contribution in [0.1, 0.15) is 32.6 Å². The first-order chi connectivity index (χ1) is 13.6. The average molecular weight is 462 g/mol. The van der Waals surface area contributed by atoms with Crippen LogP contribution in [0.2, 0.25) is 10.0 Å². The molecule has 1 aromatic rings. The predicted octanol–water partition coefficient (Wildman–Crippen LogP) is 2.48. The van der Waals surface area contributed by atoms with Crippen LogP contribution in [0.25, 0.3) is 0 Å². The van der Waals surface area contributed by atoms with E-state index in [-0.39, 0.29) is 29.9 Å². The van der Waals surface area contributed by atoms with Gasteiger partial charge < -0.3 is 10.6 Å². The number of carbonyl (C=O) groups excluding carboxylic acids is 2. The smallest absolute Gasteiger partial charge is 0.241 e. The van der Waals surface area contributed by atoms with Crippen LogP contribution in [0, 0.1) is 0 Å². The van der Waals surface area contributed by atoms with E-state index in [2.05, 4.69) is 10.6 Å². The van der Waals surface area contributed by atoms with E-state index in [0.717, 1.165) is 12.8 Å². The van der Waals surface area contributed by atoms with Gasteiger partial charge in [-0.3, -0.25) is 14.5 Å². The van der Waals surface area contributed by atoms with Crippen molar-refractivity contribution < 1.29 is 18.0 Å². The summed E-state index contributed by atoms with van der Waals surface area (Å²) in [5, 5.41) is 6.45. The van der Waals surface area contributed by atoms with Gasteiger partial charge in [0.1, 0.15) is 0 Å². The molecule has 10 heteroatoms. The Morgan fingerprint density at radius 3 is 2.66 bits per heavy atom. The molecule has 0 spiro atoms. The Balaban J connectivity index is 1.62. The second-order valence-electron chi connectivity index (χ2n) is 8.05. The van der Waals surface area contributed by atoms with Crippen LogP contribution in [0.3, 0.4) is 0 Å². The molecule has 2 saturated heterocycles. The Morgan fingerprint density at radius 1 is 1.24 bits per heavy atom.